The summed E-state index contributed by atoms with van der Waals surface area (Å²) in [4.78, 5) is 16.0. The van der Waals surface area contributed by atoms with Crippen LogP contribution in [0, 0.1) is 13.8 Å². The summed E-state index contributed by atoms with van der Waals surface area (Å²) in [5.41, 5.74) is 3.49. The molecule has 0 radical (unpaired) electrons. The van der Waals surface area contributed by atoms with E-state index in [9.17, 15) is 4.79 Å². The molecule has 0 saturated carbocycles. The Morgan fingerprint density at radius 2 is 2.12 bits per heavy atom. The molecular formula is C21H26N2O2S. The maximum absolute atomic E-state index is 12.3. The van der Waals surface area contributed by atoms with Crippen molar-refractivity contribution in [3.8, 4) is 0 Å². The number of ether oxygens (including phenoxy) is 1. The molecule has 0 bridgehead atoms. The molecule has 1 aromatic carbocycles. The van der Waals surface area contributed by atoms with E-state index in [1.807, 2.05) is 6.08 Å². The Labute approximate surface area is 159 Å². The van der Waals surface area contributed by atoms with E-state index >= 15 is 0 Å². The number of benzene rings is 1. The predicted molar refractivity (Wildman–Crippen MR) is 107 cm³/mol. The van der Waals surface area contributed by atoms with E-state index in [2.05, 4.69) is 59.8 Å². The molecule has 1 aromatic heterocycles. The Hall–Kier alpha value is -1.95. The smallest absolute Gasteiger partial charge is 0.244 e. The standard InChI is InChI=1S/C21H26N2O2S/c1-16-5-6-18(17(2)14-16)7-8-21(24)22-15-19(20-4-3-13-26-20)23-9-11-25-12-10-23/h3-8,13-14,19H,9-12,15H2,1-2H3,(H,22,24)/b8-7-/t19-/m1/s1. The summed E-state index contributed by atoms with van der Waals surface area (Å²) in [6, 6.07) is 10.7. The van der Waals surface area contributed by atoms with Gasteiger partial charge in [0.05, 0.1) is 19.3 Å². The average molecular weight is 371 g/mol. The van der Waals surface area contributed by atoms with Gasteiger partial charge in [0, 0.05) is 30.6 Å². The highest BCUT2D eigenvalue weighted by Crippen LogP contribution is 2.25. The van der Waals surface area contributed by atoms with E-state index < -0.39 is 0 Å². The number of hydrogen-bond acceptors (Lipinski definition) is 4. The summed E-state index contributed by atoms with van der Waals surface area (Å²) in [7, 11) is 0. The predicted octanol–water partition coefficient (Wildman–Crippen LogP) is 3.57. The number of nitrogens with zero attached hydrogens (tertiary/aromatic N) is 1. The average Bonchev–Trinajstić information content (AvgIpc) is 3.16. The summed E-state index contributed by atoms with van der Waals surface area (Å²) in [6.07, 6.45) is 3.52. The first-order chi connectivity index (χ1) is 12.6. The van der Waals surface area contributed by atoms with Crippen LogP contribution in [-0.2, 0) is 9.53 Å². The van der Waals surface area contributed by atoms with Gasteiger partial charge in [-0.1, -0.05) is 29.8 Å². The van der Waals surface area contributed by atoms with Gasteiger partial charge in [0.25, 0.3) is 0 Å². The molecule has 5 heteroatoms. The van der Waals surface area contributed by atoms with E-state index in [4.69, 9.17) is 4.74 Å². The van der Waals surface area contributed by atoms with Crippen molar-refractivity contribution >= 4 is 23.3 Å². The van der Waals surface area contributed by atoms with E-state index in [1.165, 1.54) is 16.0 Å². The van der Waals surface area contributed by atoms with Gasteiger partial charge in [-0.2, -0.15) is 0 Å². The molecule has 0 unspecified atom stereocenters. The number of nitrogens with one attached hydrogen (secondary N) is 1. The topological polar surface area (TPSA) is 41.6 Å². The number of morpholine rings is 1. The number of thiophene rings is 1. The van der Waals surface area contributed by atoms with E-state index in [-0.39, 0.29) is 11.9 Å². The Balaban J connectivity index is 1.61. The lowest BCUT2D eigenvalue weighted by Gasteiger charge is -2.34. The van der Waals surface area contributed by atoms with Crippen LogP contribution in [0.3, 0.4) is 0 Å². The summed E-state index contributed by atoms with van der Waals surface area (Å²) < 4.78 is 5.46. The SMILES string of the molecule is Cc1ccc(/C=C\C(=O)NC[C@H](c2cccs2)N2CCOCC2)c(C)c1. The summed E-state index contributed by atoms with van der Waals surface area (Å²) >= 11 is 1.74. The van der Waals surface area contributed by atoms with Crippen LogP contribution in [-0.4, -0.2) is 43.7 Å². The number of hydrogen-bond donors (Lipinski definition) is 1. The van der Waals surface area contributed by atoms with Gasteiger partial charge < -0.3 is 10.1 Å². The van der Waals surface area contributed by atoms with Crippen molar-refractivity contribution in [3.05, 3.63) is 63.4 Å². The largest absolute Gasteiger partial charge is 0.379 e. The van der Waals surface area contributed by atoms with Crippen molar-refractivity contribution in [2.24, 2.45) is 0 Å². The van der Waals surface area contributed by atoms with Crippen LogP contribution in [0.2, 0.25) is 0 Å². The van der Waals surface area contributed by atoms with E-state index in [0.717, 1.165) is 31.9 Å². The fourth-order valence-corrected chi connectivity index (χ4v) is 4.07. The number of amides is 1. The monoisotopic (exact) mass is 370 g/mol. The van der Waals surface area contributed by atoms with Crippen LogP contribution in [0.1, 0.15) is 27.6 Å². The molecule has 1 atom stereocenters. The van der Waals surface area contributed by atoms with Crippen molar-refractivity contribution in [2.45, 2.75) is 19.9 Å². The molecule has 1 N–H and O–H groups in total. The minimum absolute atomic E-state index is 0.0557. The maximum atomic E-state index is 12.3. The minimum atomic E-state index is -0.0557. The van der Waals surface area contributed by atoms with Crippen LogP contribution in [0.15, 0.2) is 41.8 Å². The van der Waals surface area contributed by atoms with Gasteiger partial charge in [-0.15, -0.1) is 11.3 Å². The molecule has 3 rings (SSSR count). The lowest BCUT2D eigenvalue weighted by molar-refractivity contribution is -0.116. The molecule has 26 heavy (non-hydrogen) atoms. The first-order valence-electron chi connectivity index (χ1n) is 9.02. The molecule has 1 saturated heterocycles. The van der Waals surface area contributed by atoms with Gasteiger partial charge in [-0.25, -0.2) is 0 Å². The molecule has 0 spiro atoms. The molecule has 4 nitrogen and oxygen atoms in total. The second-order valence-electron chi connectivity index (χ2n) is 6.62. The molecule has 0 aliphatic carbocycles. The van der Waals surface area contributed by atoms with Crippen molar-refractivity contribution in [1.29, 1.82) is 0 Å². The van der Waals surface area contributed by atoms with Crippen molar-refractivity contribution < 1.29 is 9.53 Å². The zero-order valence-electron chi connectivity index (χ0n) is 15.4. The second-order valence-corrected chi connectivity index (χ2v) is 7.60. The molecule has 1 aliphatic rings. The quantitative estimate of drug-likeness (QED) is 0.791. The van der Waals surface area contributed by atoms with Gasteiger partial charge in [-0.05, 0) is 42.5 Å². The maximum Gasteiger partial charge on any atom is 0.244 e. The highest BCUT2D eigenvalue weighted by Gasteiger charge is 2.23. The Morgan fingerprint density at radius 1 is 1.31 bits per heavy atom. The molecule has 138 valence electrons. The number of carbonyl (C=O) groups excluding carboxylic acids is 1. The van der Waals surface area contributed by atoms with Crippen LogP contribution in [0.25, 0.3) is 6.08 Å². The first-order valence-corrected chi connectivity index (χ1v) is 9.90. The minimum Gasteiger partial charge on any atom is -0.379 e. The molecule has 1 aliphatic heterocycles. The lowest BCUT2D eigenvalue weighted by atomic mass is 10.1. The van der Waals surface area contributed by atoms with Gasteiger partial charge >= 0.3 is 0 Å². The Kier molecular flexibility index (Phi) is 6.61. The van der Waals surface area contributed by atoms with Gasteiger partial charge in [0.15, 0.2) is 0 Å². The van der Waals surface area contributed by atoms with Crippen LogP contribution >= 0.6 is 11.3 Å². The first kappa shape index (κ1) is 18.8. The van der Waals surface area contributed by atoms with Crippen molar-refractivity contribution in [2.75, 3.05) is 32.8 Å². The highest BCUT2D eigenvalue weighted by atomic mass is 32.1. The lowest BCUT2D eigenvalue weighted by Crippen LogP contribution is -2.43. The third-order valence-electron chi connectivity index (χ3n) is 4.67. The Bertz CT molecular complexity index is 749. The molecule has 1 amide bonds. The summed E-state index contributed by atoms with van der Waals surface area (Å²) in [5, 5.41) is 5.16. The second kappa shape index (κ2) is 9.12. The van der Waals surface area contributed by atoms with Crippen molar-refractivity contribution in [3.63, 3.8) is 0 Å². The fourth-order valence-electron chi connectivity index (χ4n) is 3.21. The van der Waals surface area contributed by atoms with Crippen LogP contribution < -0.4 is 5.32 Å². The number of rotatable bonds is 6. The summed E-state index contributed by atoms with van der Waals surface area (Å²) in [5.74, 6) is -0.0557. The third kappa shape index (κ3) is 5.04. The zero-order valence-corrected chi connectivity index (χ0v) is 16.2. The van der Waals surface area contributed by atoms with Crippen molar-refractivity contribution in [1.82, 2.24) is 10.2 Å². The van der Waals surface area contributed by atoms with Gasteiger partial charge in [0.2, 0.25) is 5.91 Å². The third-order valence-corrected chi connectivity index (χ3v) is 5.64. The Morgan fingerprint density at radius 3 is 2.81 bits per heavy atom. The zero-order chi connectivity index (χ0) is 18.4. The fraction of sp³-hybridized carbons (Fsp3) is 0.381. The highest BCUT2D eigenvalue weighted by molar-refractivity contribution is 7.10. The van der Waals surface area contributed by atoms with E-state index in [1.54, 1.807) is 17.4 Å². The van der Waals surface area contributed by atoms with Crippen LogP contribution in [0.4, 0.5) is 0 Å². The number of aryl methyl sites for hydroxylation is 2. The molecular weight excluding hydrogens is 344 g/mol. The van der Waals surface area contributed by atoms with Gasteiger partial charge in [0.1, 0.15) is 0 Å². The molecule has 2 aromatic rings. The molecule has 1 fully saturated rings. The normalized spacial score (nSPS) is 16.7. The van der Waals surface area contributed by atoms with Gasteiger partial charge in [-0.3, -0.25) is 9.69 Å². The van der Waals surface area contributed by atoms with E-state index in [0.29, 0.717) is 6.54 Å². The summed E-state index contributed by atoms with van der Waals surface area (Å²) in [6.45, 7) is 8.05. The van der Waals surface area contributed by atoms with Crippen LogP contribution in [0.5, 0.6) is 0 Å². The number of carbonyl (C=O) groups is 1. The molecule has 2 heterocycles.